The number of anilines is 1. The molecule has 0 spiro atoms. The molecular weight excluding hydrogens is 421 g/mol. The Kier molecular flexibility index (Phi) is 5.81. The first-order valence-electron chi connectivity index (χ1n) is 8.37. The van der Waals surface area contributed by atoms with Crippen LogP contribution in [0.5, 0.6) is 5.75 Å². The van der Waals surface area contributed by atoms with Crippen LogP contribution in [0.2, 0.25) is 10.0 Å². The van der Waals surface area contributed by atoms with Gasteiger partial charge in [0.2, 0.25) is 0 Å². The van der Waals surface area contributed by atoms with Crippen molar-refractivity contribution in [1.82, 2.24) is 19.6 Å². The van der Waals surface area contributed by atoms with Crippen LogP contribution in [0.4, 0.5) is 5.69 Å². The Morgan fingerprint density at radius 3 is 2.66 bits per heavy atom. The number of aryl methyl sites for hydroxylation is 2. The molecule has 0 unspecified atom stereocenters. The highest BCUT2D eigenvalue weighted by atomic mass is 35.5. The summed E-state index contributed by atoms with van der Waals surface area (Å²) < 4.78 is 8.36. The summed E-state index contributed by atoms with van der Waals surface area (Å²) in [4.78, 5) is 24.0. The van der Waals surface area contributed by atoms with Crippen LogP contribution in [-0.4, -0.2) is 36.5 Å². The molecule has 0 aliphatic heterocycles. The lowest BCUT2D eigenvalue weighted by Gasteiger charge is -2.10. The van der Waals surface area contributed by atoms with E-state index in [-0.39, 0.29) is 18.0 Å². The maximum Gasteiger partial charge on any atom is 0.354 e. The molecule has 0 fully saturated rings. The van der Waals surface area contributed by atoms with Gasteiger partial charge in [-0.25, -0.2) is 9.48 Å². The van der Waals surface area contributed by atoms with E-state index in [1.807, 2.05) is 0 Å². The molecule has 11 heteroatoms. The lowest BCUT2D eigenvalue weighted by Crippen LogP contribution is -2.18. The molecular formula is C18H17Cl2N5O4. The van der Waals surface area contributed by atoms with Crippen LogP contribution in [0.1, 0.15) is 32.2 Å². The number of aromatic nitrogens is 4. The summed E-state index contributed by atoms with van der Waals surface area (Å²) in [6.07, 6.45) is 1.21. The van der Waals surface area contributed by atoms with Gasteiger partial charge in [0, 0.05) is 12.1 Å². The first-order valence-corrected chi connectivity index (χ1v) is 9.13. The topological polar surface area (TPSA) is 111 Å². The Bertz CT molecular complexity index is 1110. The largest absolute Gasteiger partial charge is 0.477 e. The van der Waals surface area contributed by atoms with Crippen LogP contribution in [-0.2, 0) is 13.8 Å². The standard InChI is InChI=1S/C18H17Cl2N5O4/c1-9-15(22-17(26)12-7-21-24(3)16(12)18(27)28)10(2)25(23-9)8-29-14-5-4-11(19)6-13(14)20/h4-7H,8H2,1-3H3,(H,22,26)(H,27,28). The zero-order valence-electron chi connectivity index (χ0n) is 15.7. The summed E-state index contributed by atoms with van der Waals surface area (Å²) >= 11 is 12.0. The number of hydrogen-bond donors (Lipinski definition) is 2. The van der Waals surface area contributed by atoms with Gasteiger partial charge in [-0.1, -0.05) is 23.2 Å². The lowest BCUT2D eigenvalue weighted by molar-refractivity contribution is 0.0680. The highest BCUT2D eigenvalue weighted by Gasteiger charge is 2.23. The van der Waals surface area contributed by atoms with E-state index in [2.05, 4.69) is 15.5 Å². The van der Waals surface area contributed by atoms with Crippen molar-refractivity contribution in [3.8, 4) is 5.75 Å². The first-order chi connectivity index (χ1) is 13.7. The third-order valence-corrected chi connectivity index (χ3v) is 4.77. The van der Waals surface area contributed by atoms with Crippen LogP contribution in [0.15, 0.2) is 24.4 Å². The van der Waals surface area contributed by atoms with Crippen molar-refractivity contribution >= 4 is 40.8 Å². The number of ether oxygens (including phenoxy) is 1. The minimum Gasteiger partial charge on any atom is -0.477 e. The monoisotopic (exact) mass is 437 g/mol. The van der Waals surface area contributed by atoms with Gasteiger partial charge in [-0.3, -0.25) is 9.48 Å². The number of carbonyl (C=O) groups excluding carboxylic acids is 1. The van der Waals surface area contributed by atoms with E-state index in [9.17, 15) is 14.7 Å². The number of nitrogens with zero attached hydrogens (tertiary/aromatic N) is 4. The van der Waals surface area contributed by atoms with E-state index in [0.717, 1.165) is 4.68 Å². The summed E-state index contributed by atoms with van der Waals surface area (Å²) in [7, 11) is 1.45. The first kappa shape index (κ1) is 20.7. The number of amides is 1. The fourth-order valence-corrected chi connectivity index (χ4v) is 3.23. The number of carboxylic acids is 1. The molecule has 1 amide bonds. The molecule has 0 saturated carbocycles. The van der Waals surface area contributed by atoms with Gasteiger partial charge in [0.15, 0.2) is 12.4 Å². The van der Waals surface area contributed by atoms with Gasteiger partial charge in [-0.05, 0) is 32.0 Å². The second-order valence-corrected chi connectivity index (χ2v) is 7.03. The zero-order valence-corrected chi connectivity index (χ0v) is 17.2. The number of hydrogen-bond acceptors (Lipinski definition) is 5. The van der Waals surface area contributed by atoms with E-state index >= 15 is 0 Å². The molecule has 2 N–H and O–H groups in total. The third-order valence-electron chi connectivity index (χ3n) is 4.24. The SMILES string of the molecule is Cc1nn(COc2ccc(Cl)cc2Cl)c(C)c1NC(=O)c1cnn(C)c1C(=O)O. The Hall–Kier alpha value is -3.04. The molecule has 152 valence electrons. The van der Waals surface area contributed by atoms with E-state index in [4.69, 9.17) is 27.9 Å². The van der Waals surface area contributed by atoms with Gasteiger partial charge in [-0.2, -0.15) is 10.2 Å². The van der Waals surface area contributed by atoms with Gasteiger partial charge in [-0.15, -0.1) is 0 Å². The quantitative estimate of drug-likeness (QED) is 0.609. The van der Waals surface area contributed by atoms with E-state index < -0.39 is 11.9 Å². The normalized spacial score (nSPS) is 10.8. The fraction of sp³-hybridized carbons (Fsp3) is 0.222. The molecule has 0 aliphatic rings. The van der Waals surface area contributed by atoms with Crippen LogP contribution in [0, 0.1) is 13.8 Å². The summed E-state index contributed by atoms with van der Waals surface area (Å²) in [6, 6.07) is 4.87. The highest BCUT2D eigenvalue weighted by molar-refractivity contribution is 6.35. The molecule has 0 saturated heterocycles. The van der Waals surface area contributed by atoms with Gasteiger partial charge in [0.05, 0.1) is 33.9 Å². The molecule has 0 bridgehead atoms. The zero-order chi connectivity index (χ0) is 21.3. The number of benzene rings is 1. The Balaban J connectivity index is 1.79. The average molecular weight is 438 g/mol. The predicted octanol–water partition coefficient (Wildman–Crippen LogP) is 3.53. The molecule has 2 heterocycles. The van der Waals surface area contributed by atoms with Crippen molar-refractivity contribution in [3.05, 3.63) is 57.1 Å². The number of carbonyl (C=O) groups is 2. The van der Waals surface area contributed by atoms with Crippen molar-refractivity contribution in [2.45, 2.75) is 20.6 Å². The van der Waals surface area contributed by atoms with Crippen molar-refractivity contribution < 1.29 is 19.4 Å². The molecule has 29 heavy (non-hydrogen) atoms. The van der Waals surface area contributed by atoms with Crippen molar-refractivity contribution in [3.63, 3.8) is 0 Å². The van der Waals surface area contributed by atoms with Gasteiger partial charge in [0.1, 0.15) is 5.75 Å². The molecule has 1 aromatic carbocycles. The van der Waals surface area contributed by atoms with Crippen molar-refractivity contribution in [2.24, 2.45) is 7.05 Å². The average Bonchev–Trinajstić information content (AvgIpc) is 3.16. The Labute approximate surface area is 175 Å². The molecule has 2 aromatic heterocycles. The number of carboxylic acid groups (broad SMARTS) is 1. The third kappa shape index (κ3) is 4.20. The van der Waals surface area contributed by atoms with Crippen LogP contribution < -0.4 is 10.1 Å². The molecule has 0 aliphatic carbocycles. The molecule has 9 nitrogen and oxygen atoms in total. The number of rotatable bonds is 6. The van der Waals surface area contributed by atoms with E-state index in [1.165, 1.54) is 13.2 Å². The molecule has 3 aromatic rings. The van der Waals surface area contributed by atoms with Gasteiger partial charge < -0.3 is 15.2 Å². The van der Waals surface area contributed by atoms with Crippen LogP contribution >= 0.6 is 23.2 Å². The summed E-state index contributed by atoms with van der Waals surface area (Å²) in [5.41, 5.74) is 1.38. The molecule has 0 atom stereocenters. The maximum absolute atomic E-state index is 12.6. The number of halogens is 2. The molecule has 0 radical (unpaired) electrons. The smallest absolute Gasteiger partial charge is 0.354 e. The maximum atomic E-state index is 12.6. The molecule has 3 rings (SSSR count). The second-order valence-electron chi connectivity index (χ2n) is 6.18. The van der Waals surface area contributed by atoms with Crippen LogP contribution in [0.25, 0.3) is 0 Å². The Morgan fingerprint density at radius 1 is 1.28 bits per heavy atom. The second kappa shape index (κ2) is 8.14. The highest BCUT2D eigenvalue weighted by Crippen LogP contribution is 2.28. The summed E-state index contributed by atoms with van der Waals surface area (Å²) in [5.74, 6) is -1.40. The minimum absolute atomic E-state index is 0.0456. The van der Waals surface area contributed by atoms with Crippen molar-refractivity contribution in [2.75, 3.05) is 5.32 Å². The van der Waals surface area contributed by atoms with Crippen LogP contribution in [0.3, 0.4) is 0 Å². The Morgan fingerprint density at radius 2 is 2.00 bits per heavy atom. The lowest BCUT2D eigenvalue weighted by atomic mass is 10.2. The summed E-state index contributed by atoms with van der Waals surface area (Å²) in [6.45, 7) is 3.52. The van der Waals surface area contributed by atoms with Gasteiger partial charge >= 0.3 is 5.97 Å². The van der Waals surface area contributed by atoms with Gasteiger partial charge in [0.25, 0.3) is 5.91 Å². The predicted molar refractivity (Wildman–Crippen MR) is 107 cm³/mol. The van der Waals surface area contributed by atoms with E-state index in [0.29, 0.717) is 32.9 Å². The van der Waals surface area contributed by atoms with Crippen molar-refractivity contribution in [1.29, 1.82) is 0 Å². The number of nitrogens with one attached hydrogen (secondary N) is 1. The minimum atomic E-state index is -1.24. The van der Waals surface area contributed by atoms with E-state index in [1.54, 1.807) is 36.7 Å². The fourth-order valence-electron chi connectivity index (χ4n) is 2.76. The summed E-state index contributed by atoms with van der Waals surface area (Å²) in [5, 5.41) is 21.0. The number of aromatic carboxylic acids is 1.